The van der Waals surface area contributed by atoms with Gasteiger partial charge in [-0.25, -0.2) is 18.2 Å². The van der Waals surface area contributed by atoms with Crippen molar-refractivity contribution in [2.24, 2.45) is 0 Å². The van der Waals surface area contributed by atoms with Crippen molar-refractivity contribution in [3.8, 4) is 17.8 Å². The van der Waals surface area contributed by atoms with Gasteiger partial charge in [-0.3, -0.25) is 17.8 Å². The van der Waals surface area contributed by atoms with E-state index in [2.05, 4.69) is 226 Å². The molecule has 0 saturated heterocycles. The van der Waals surface area contributed by atoms with Crippen molar-refractivity contribution >= 4 is 76.1 Å². The van der Waals surface area contributed by atoms with E-state index in [0.717, 1.165) is 0 Å². The van der Waals surface area contributed by atoms with Gasteiger partial charge in [-0.1, -0.05) is 0 Å². The van der Waals surface area contributed by atoms with Crippen LogP contribution in [0, 0.1) is 37.0 Å². The number of benzene rings is 1. The van der Waals surface area contributed by atoms with Crippen molar-refractivity contribution in [1.29, 1.82) is 0 Å². The molecule has 0 saturated carbocycles. The molecule has 1 aromatic carbocycles. The molecule has 0 aromatic heterocycles. The topological polar surface area (TPSA) is 0 Å². The van der Waals surface area contributed by atoms with E-state index in [0.29, 0.717) is 16.7 Å². The fourth-order valence-corrected chi connectivity index (χ4v) is 14.3. The fourth-order valence-electron chi connectivity index (χ4n) is 5.34. The monoisotopic (exact) mass is 1280 g/mol. The third kappa shape index (κ3) is 67.9. The van der Waals surface area contributed by atoms with E-state index in [-0.39, 0.29) is 47.5 Å². The number of halogens is 3. The van der Waals surface area contributed by atoms with Gasteiger partial charge >= 0.3 is 83.1 Å². The molecule has 0 aliphatic rings. The molecule has 0 fully saturated rings. The number of rotatable bonds is 18. The molecular weight excluding hydrogens is 1190 g/mol. The van der Waals surface area contributed by atoms with E-state index < -0.39 is 0 Å². The molecule has 1 rings (SSSR count). The Bertz CT molecular complexity index is 778. The Hall–Kier alpha value is 3.34. The molecule has 0 amide bonds. The molecule has 0 bridgehead atoms. The van der Waals surface area contributed by atoms with Crippen molar-refractivity contribution in [3.63, 3.8) is 0 Å². The predicted molar refractivity (Wildman–Crippen MR) is 302 cm³/mol. The number of hydrogen-bond donors (Lipinski definition) is 0. The van der Waals surface area contributed by atoms with Crippen LogP contribution in [0.5, 0.6) is 0 Å². The average molecular weight is 1290 g/mol. The molecule has 0 nitrogen and oxygen atoms in total. The maximum absolute atomic E-state index is 6.86. The van der Waals surface area contributed by atoms with Crippen LogP contribution in [0.3, 0.4) is 0 Å². The summed E-state index contributed by atoms with van der Waals surface area (Å²) in [5.74, 6) is 6.54. The van der Waals surface area contributed by atoms with Crippen molar-refractivity contribution in [2.45, 2.75) is 125 Å². The molecular formula is C48H99Cl3P6Pd3+6. The van der Waals surface area contributed by atoms with Crippen LogP contribution in [0.2, 0.25) is 0 Å². The van der Waals surface area contributed by atoms with Crippen molar-refractivity contribution in [2.75, 3.05) is 111 Å². The zero-order valence-electron chi connectivity index (χ0n) is 42.0. The minimum absolute atomic E-state index is 0.137. The zero-order valence-corrected chi connectivity index (χ0v) is 55.0. The number of hydrogen-bond acceptors (Lipinski definition) is 0. The first-order valence-electron chi connectivity index (χ1n) is 22.7. The first-order valence-corrected chi connectivity index (χ1v) is 41.4. The fraction of sp³-hybridized carbons (Fsp3) is 0.750. The Labute approximate surface area is 433 Å². The van der Waals surface area contributed by atoms with Gasteiger partial charge in [-0.2, -0.15) is 16.7 Å². The molecule has 366 valence electrons. The zero-order chi connectivity index (χ0) is 49.2. The molecule has 0 aliphatic heterocycles. The van der Waals surface area contributed by atoms with E-state index in [4.69, 9.17) is 19.3 Å². The van der Waals surface area contributed by atoms with Gasteiger partial charge in [-0.05, 0) is 172 Å². The van der Waals surface area contributed by atoms with E-state index >= 15 is 0 Å². The SMILES string of the molecule is CC[PH+](CC)CC.CC[PH+](CC)CC.CC[PH+](CC)CC.CC[PH+](CC)CC.CC[PH+](CC)CC.CC[PH+](CC)CC.[C-]#Cc1cc(C#[C-])cc(C#[C-])c1.[Cl][Pd+].[Cl][Pd+].[Cl][Pd+]. The van der Waals surface area contributed by atoms with Crippen LogP contribution in [0.4, 0.5) is 0 Å². The Morgan fingerprint density at radius 1 is 0.283 bits per heavy atom. The molecule has 0 spiro atoms. The van der Waals surface area contributed by atoms with E-state index in [1.165, 1.54) is 111 Å². The molecule has 0 unspecified atom stereocenters. The quantitative estimate of drug-likeness (QED) is 0.0595. The van der Waals surface area contributed by atoms with Crippen molar-refractivity contribution in [3.05, 3.63) is 54.2 Å². The summed E-state index contributed by atoms with van der Waals surface area (Å²) in [7, 11) is 14.3. The summed E-state index contributed by atoms with van der Waals surface area (Å²) in [5, 5.41) is 0. The van der Waals surface area contributed by atoms with Crippen LogP contribution >= 0.6 is 76.1 Å². The second-order valence-electron chi connectivity index (χ2n) is 13.0. The summed E-state index contributed by atoms with van der Waals surface area (Å²) in [5.41, 5.74) is 1.59. The third-order valence-electron chi connectivity index (χ3n) is 10.4. The van der Waals surface area contributed by atoms with Gasteiger partial charge in [0, 0.05) is 0 Å². The van der Waals surface area contributed by atoms with Gasteiger partial charge in [0.1, 0.15) is 0 Å². The summed E-state index contributed by atoms with van der Waals surface area (Å²) in [6.45, 7) is 41.5. The summed E-state index contributed by atoms with van der Waals surface area (Å²) in [6, 6.07) is 4.79. The Balaban J connectivity index is -0.0000000715. The van der Waals surface area contributed by atoms with Gasteiger partial charge in [0.25, 0.3) is 0 Å². The molecule has 60 heavy (non-hydrogen) atoms. The maximum atomic E-state index is 6.86. The van der Waals surface area contributed by atoms with Gasteiger partial charge in [0.15, 0.2) is 0 Å². The summed E-state index contributed by atoms with van der Waals surface area (Å²) in [4.78, 5) is 0. The molecule has 0 N–H and O–H groups in total. The van der Waals surface area contributed by atoms with Gasteiger partial charge < -0.3 is 19.3 Å². The minimum atomic E-state index is 0.137. The van der Waals surface area contributed by atoms with Crippen LogP contribution < -0.4 is 0 Å². The Kier molecular flexibility index (Phi) is 110. The van der Waals surface area contributed by atoms with Crippen molar-refractivity contribution < 1.29 is 54.5 Å². The van der Waals surface area contributed by atoms with Crippen molar-refractivity contribution in [1.82, 2.24) is 0 Å². The van der Waals surface area contributed by atoms with Crippen LogP contribution in [0.1, 0.15) is 141 Å². The predicted octanol–water partition coefficient (Wildman–Crippen LogP) is 17.1. The summed E-state index contributed by atoms with van der Waals surface area (Å²) < 4.78 is 0. The molecule has 0 aliphatic carbocycles. The van der Waals surface area contributed by atoms with E-state index in [1.807, 2.05) is 0 Å². The summed E-state index contributed by atoms with van der Waals surface area (Å²) >= 11 is 6.67. The van der Waals surface area contributed by atoms with Crippen LogP contribution in [0.15, 0.2) is 18.2 Å². The molecule has 12 heteroatoms. The normalized spacial score (nSPS) is 9.10. The van der Waals surface area contributed by atoms with E-state index in [9.17, 15) is 0 Å². The summed E-state index contributed by atoms with van der Waals surface area (Å²) in [6.07, 6.45) is 46.8. The van der Waals surface area contributed by atoms with Crippen LogP contribution in [-0.4, -0.2) is 111 Å². The average Bonchev–Trinajstić information content (AvgIpc) is 3.33. The first kappa shape index (κ1) is 83.4. The standard InChI is InChI=1S/C12H3.6C6H15P.3ClH.3Pd/c1-4-10-7-11(5-2)9-12(6-3)8-10;6*1-4-7(5-2)6-3;;;;;;/h7-9H;6*4-6H2,1-3H3;3*1H;;;/q-3;;;;;;;;;;3*+2/p+3. The van der Waals surface area contributed by atoms with Gasteiger partial charge in [0.05, 0.1) is 111 Å². The Morgan fingerprint density at radius 2 is 0.367 bits per heavy atom. The molecule has 1 aromatic rings. The molecule has 0 radical (unpaired) electrons. The van der Waals surface area contributed by atoms with Gasteiger partial charge in [0.2, 0.25) is 0 Å². The Morgan fingerprint density at radius 3 is 0.400 bits per heavy atom. The van der Waals surface area contributed by atoms with Crippen LogP contribution in [-0.2, 0) is 54.5 Å². The second kappa shape index (κ2) is 79.4. The van der Waals surface area contributed by atoms with Crippen LogP contribution in [0.25, 0.3) is 0 Å². The molecule has 0 heterocycles. The van der Waals surface area contributed by atoms with Gasteiger partial charge in [-0.15, -0.1) is 0 Å². The third-order valence-corrected chi connectivity index (χ3v) is 28.4. The first-order chi connectivity index (χ1) is 28.9. The van der Waals surface area contributed by atoms with E-state index in [1.54, 1.807) is 18.2 Å². The second-order valence-corrected chi connectivity index (χ2v) is 34.8. The molecule has 0 atom stereocenters.